The molecule has 0 aliphatic heterocycles. The maximum atomic E-state index is 11.7. The van der Waals surface area contributed by atoms with E-state index in [2.05, 4.69) is 0 Å². The summed E-state index contributed by atoms with van der Waals surface area (Å²) in [5.41, 5.74) is 3.01. The molecule has 0 fully saturated rings. The number of aliphatic hydroxyl groups is 1. The fourth-order valence-electron chi connectivity index (χ4n) is 3.63. The van der Waals surface area contributed by atoms with Crippen molar-refractivity contribution in [2.75, 3.05) is 27.9 Å². The number of hydrogen-bond donors (Lipinski definition) is 2. The highest BCUT2D eigenvalue weighted by atomic mass is 16.5. The Labute approximate surface area is 157 Å². The molecule has 0 heterocycles. The number of carbonyl (C=O) groups excluding carboxylic acids is 1. The summed E-state index contributed by atoms with van der Waals surface area (Å²) in [5.74, 6) is 0.727. The Balaban J connectivity index is 2.26. The number of carbonyl (C=O) groups is 1. The number of fused-ring (bicyclic) bond motifs is 1. The number of phenolic OH excluding ortho intramolecular Hbond substituents is 1. The van der Waals surface area contributed by atoms with E-state index in [1.54, 1.807) is 38.5 Å². The number of rotatable bonds is 6. The van der Waals surface area contributed by atoms with Crippen molar-refractivity contribution in [3.05, 3.63) is 52.6 Å². The summed E-state index contributed by atoms with van der Waals surface area (Å²) in [7, 11) is 4.58. The quantitative estimate of drug-likeness (QED) is 0.761. The lowest BCUT2D eigenvalue weighted by Crippen LogP contribution is -2.25. The molecule has 0 saturated heterocycles. The molecule has 2 aromatic rings. The van der Waals surface area contributed by atoms with Crippen LogP contribution in [-0.4, -0.2) is 44.4 Å². The van der Waals surface area contributed by atoms with E-state index in [0.29, 0.717) is 22.8 Å². The first kappa shape index (κ1) is 18.8. The van der Waals surface area contributed by atoms with Crippen molar-refractivity contribution in [3.8, 4) is 23.0 Å². The molecule has 0 radical (unpaired) electrons. The van der Waals surface area contributed by atoms with Crippen molar-refractivity contribution >= 4 is 12.4 Å². The van der Waals surface area contributed by atoms with Crippen molar-refractivity contribution in [2.45, 2.75) is 5.92 Å². The zero-order valence-electron chi connectivity index (χ0n) is 15.4. The average molecular weight is 370 g/mol. The Morgan fingerprint density at radius 2 is 1.67 bits per heavy atom. The Bertz CT molecular complexity index is 886. The van der Waals surface area contributed by atoms with Crippen LogP contribution >= 0.6 is 0 Å². The minimum absolute atomic E-state index is 0.0243. The third-order valence-electron chi connectivity index (χ3n) is 4.97. The minimum atomic E-state index is -0.428. The average Bonchev–Trinajstić information content (AvgIpc) is 2.71. The molecule has 0 bridgehead atoms. The Hall–Kier alpha value is -2.99. The van der Waals surface area contributed by atoms with Crippen LogP contribution in [0.2, 0.25) is 0 Å². The molecule has 3 rings (SSSR count). The van der Waals surface area contributed by atoms with Gasteiger partial charge in [-0.3, -0.25) is 4.79 Å². The van der Waals surface area contributed by atoms with Gasteiger partial charge in [0.25, 0.3) is 0 Å². The number of aldehydes is 1. The molecule has 1 aliphatic rings. The van der Waals surface area contributed by atoms with Gasteiger partial charge in [0.05, 0.1) is 27.9 Å². The summed E-state index contributed by atoms with van der Waals surface area (Å²) in [6.07, 6.45) is 2.53. The fraction of sp³-hybridized carbons (Fsp3) is 0.286. The van der Waals surface area contributed by atoms with E-state index < -0.39 is 5.92 Å². The third kappa shape index (κ3) is 3.24. The molecule has 6 heteroatoms. The van der Waals surface area contributed by atoms with Crippen molar-refractivity contribution < 1.29 is 29.2 Å². The second-order valence-corrected chi connectivity index (χ2v) is 6.30. The van der Waals surface area contributed by atoms with Gasteiger partial charge in [-0.05, 0) is 52.6 Å². The van der Waals surface area contributed by atoms with Gasteiger partial charge in [0.1, 0.15) is 6.29 Å². The van der Waals surface area contributed by atoms with E-state index in [9.17, 15) is 15.0 Å². The Kier molecular flexibility index (Phi) is 5.37. The van der Waals surface area contributed by atoms with E-state index in [1.807, 2.05) is 12.1 Å². The molecular weight excluding hydrogens is 348 g/mol. The van der Waals surface area contributed by atoms with E-state index in [-0.39, 0.29) is 18.3 Å². The lowest BCUT2D eigenvalue weighted by atomic mass is 9.72. The normalized spacial score (nSPS) is 18.3. The van der Waals surface area contributed by atoms with E-state index in [1.165, 1.54) is 7.11 Å². The molecule has 2 N–H and O–H groups in total. The molecule has 27 heavy (non-hydrogen) atoms. The zero-order valence-corrected chi connectivity index (χ0v) is 15.4. The Morgan fingerprint density at radius 1 is 1.00 bits per heavy atom. The van der Waals surface area contributed by atoms with Crippen LogP contribution in [0.25, 0.3) is 6.08 Å². The maximum Gasteiger partial charge on any atom is 0.161 e. The summed E-state index contributed by atoms with van der Waals surface area (Å²) >= 11 is 0. The fourth-order valence-corrected chi connectivity index (χ4v) is 3.63. The predicted molar refractivity (Wildman–Crippen MR) is 101 cm³/mol. The predicted octanol–water partition coefficient (Wildman–Crippen LogP) is 2.75. The van der Waals surface area contributed by atoms with Gasteiger partial charge in [0.2, 0.25) is 0 Å². The van der Waals surface area contributed by atoms with Gasteiger partial charge < -0.3 is 24.4 Å². The molecule has 1 aliphatic carbocycles. The number of hydrogen-bond acceptors (Lipinski definition) is 6. The summed E-state index contributed by atoms with van der Waals surface area (Å²) in [6.45, 7) is -0.202. The molecule has 0 amide bonds. The largest absolute Gasteiger partial charge is 0.504 e. The number of ether oxygens (including phenoxy) is 3. The summed E-state index contributed by atoms with van der Waals surface area (Å²) in [6, 6.07) is 8.70. The van der Waals surface area contributed by atoms with Crippen LogP contribution in [0.15, 0.2) is 35.9 Å². The molecule has 2 aromatic carbocycles. The lowest BCUT2D eigenvalue weighted by Gasteiger charge is -2.32. The highest BCUT2D eigenvalue weighted by Crippen LogP contribution is 2.46. The maximum absolute atomic E-state index is 11.7. The van der Waals surface area contributed by atoms with Crippen LogP contribution in [0.4, 0.5) is 0 Å². The molecule has 0 aromatic heterocycles. The number of phenols is 1. The van der Waals surface area contributed by atoms with Crippen molar-refractivity contribution in [1.29, 1.82) is 0 Å². The molecule has 6 nitrogen and oxygen atoms in total. The highest BCUT2D eigenvalue weighted by molar-refractivity contribution is 5.86. The first-order valence-electron chi connectivity index (χ1n) is 8.48. The van der Waals surface area contributed by atoms with Crippen LogP contribution in [0, 0.1) is 5.92 Å². The molecule has 142 valence electrons. The van der Waals surface area contributed by atoms with Crippen LogP contribution in [0.3, 0.4) is 0 Å². The van der Waals surface area contributed by atoms with Gasteiger partial charge in [-0.2, -0.15) is 0 Å². The van der Waals surface area contributed by atoms with Gasteiger partial charge in [-0.15, -0.1) is 0 Å². The summed E-state index contributed by atoms with van der Waals surface area (Å²) in [4.78, 5) is 11.7. The standard InChI is InChI=1S/C21H22O6/c1-25-18-7-12(4-5-17(18)24)21-15-9-20(27-3)19(26-2)8-13(15)6-14(10-22)16(21)11-23/h4-10,16,21,23-24H,11H2,1-3H3/t16-,21-/m0/s1. The van der Waals surface area contributed by atoms with Gasteiger partial charge >= 0.3 is 0 Å². The van der Waals surface area contributed by atoms with Gasteiger partial charge in [-0.1, -0.05) is 6.07 Å². The van der Waals surface area contributed by atoms with Gasteiger partial charge in [0, 0.05) is 11.8 Å². The Morgan fingerprint density at radius 3 is 2.26 bits per heavy atom. The topological polar surface area (TPSA) is 85.2 Å². The van der Waals surface area contributed by atoms with Crippen LogP contribution in [-0.2, 0) is 4.79 Å². The first-order chi connectivity index (χ1) is 13.1. The molecular formula is C21H22O6. The van der Waals surface area contributed by atoms with Crippen molar-refractivity contribution in [3.63, 3.8) is 0 Å². The first-order valence-corrected chi connectivity index (χ1v) is 8.48. The SMILES string of the molecule is COc1cc([C@H]2c3cc(OC)c(OC)cc3C=C(C=O)[C@@H]2CO)ccc1O. The molecule has 0 unspecified atom stereocenters. The number of benzene rings is 2. The second kappa shape index (κ2) is 7.72. The molecule has 0 saturated carbocycles. The van der Waals surface area contributed by atoms with E-state index in [0.717, 1.165) is 23.0 Å². The molecule has 2 atom stereocenters. The summed E-state index contributed by atoms with van der Waals surface area (Å²) < 4.78 is 16.0. The zero-order chi connectivity index (χ0) is 19.6. The van der Waals surface area contributed by atoms with Gasteiger partial charge in [0.15, 0.2) is 23.0 Å². The number of aromatic hydroxyl groups is 1. The number of aliphatic hydroxyl groups excluding tert-OH is 1. The monoisotopic (exact) mass is 370 g/mol. The highest BCUT2D eigenvalue weighted by Gasteiger charge is 2.34. The summed E-state index contributed by atoms with van der Waals surface area (Å²) in [5, 5.41) is 19.9. The minimum Gasteiger partial charge on any atom is -0.504 e. The number of methoxy groups -OCH3 is 3. The van der Waals surface area contributed by atoms with Crippen LogP contribution in [0.1, 0.15) is 22.6 Å². The second-order valence-electron chi connectivity index (χ2n) is 6.30. The van der Waals surface area contributed by atoms with Crippen LogP contribution < -0.4 is 14.2 Å². The van der Waals surface area contributed by atoms with Gasteiger partial charge in [-0.25, -0.2) is 0 Å². The van der Waals surface area contributed by atoms with Crippen molar-refractivity contribution in [1.82, 2.24) is 0 Å². The van der Waals surface area contributed by atoms with E-state index >= 15 is 0 Å². The third-order valence-corrected chi connectivity index (χ3v) is 4.97. The van der Waals surface area contributed by atoms with Crippen LogP contribution in [0.5, 0.6) is 23.0 Å². The lowest BCUT2D eigenvalue weighted by molar-refractivity contribution is -0.105. The van der Waals surface area contributed by atoms with E-state index in [4.69, 9.17) is 14.2 Å². The van der Waals surface area contributed by atoms with Crippen molar-refractivity contribution in [2.24, 2.45) is 5.92 Å². The molecule has 0 spiro atoms. The smallest absolute Gasteiger partial charge is 0.161 e.